The molecule has 0 radical (unpaired) electrons. The Labute approximate surface area is 116 Å². The van der Waals surface area contributed by atoms with Gasteiger partial charge in [0, 0.05) is 19.4 Å². The van der Waals surface area contributed by atoms with Gasteiger partial charge in [0.15, 0.2) is 0 Å². The van der Waals surface area contributed by atoms with Gasteiger partial charge in [-0.15, -0.1) is 0 Å². The molecular formula is C14H25N5. The number of nitrogens with one attached hydrogen (secondary N) is 1. The summed E-state index contributed by atoms with van der Waals surface area (Å²) < 4.78 is 2.05. The lowest BCUT2D eigenvalue weighted by atomic mass is 9.97. The molecule has 0 bridgehead atoms. The number of nitrogens with zero attached hydrogens (tertiary/aromatic N) is 4. The van der Waals surface area contributed by atoms with Crippen LogP contribution in [0.5, 0.6) is 0 Å². The summed E-state index contributed by atoms with van der Waals surface area (Å²) in [4.78, 5) is 6.59. The van der Waals surface area contributed by atoms with E-state index in [2.05, 4.69) is 28.3 Å². The maximum Gasteiger partial charge on any atom is 0.122 e. The number of nitriles is 1. The van der Waals surface area contributed by atoms with Gasteiger partial charge in [-0.25, -0.2) is 4.98 Å². The number of rotatable bonds is 8. The molecular weight excluding hydrogens is 238 g/mol. The van der Waals surface area contributed by atoms with Crippen LogP contribution in [0.15, 0.2) is 12.4 Å². The van der Waals surface area contributed by atoms with Gasteiger partial charge >= 0.3 is 0 Å². The zero-order valence-corrected chi connectivity index (χ0v) is 12.5. The summed E-state index contributed by atoms with van der Waals surface area (Å²) in [5, 5.41) is 12.1. The molecule has 0 aliphatic carbocycles. The highest BCUT2D eigenvalue weighted by Crippen LogP contribution is 2.12. The second kappa shape index (κ2) is 7.27. The Morgan fingerprint density at radius 2 is 2.26 bits per heavy atom. The van der Waals surface area contributed by atoms with Gasteiger partial charge in [0.05, 0.1) is 12.6 Å². The summed E-state index contributed by atoms with van der Waals surface area (Å²) in [7, 11) is 5.97. The van der Waals surface area contributed by atoms with Crippen LogP contribution in [0.2, 0.25) is 0 Å². The zero-order valence-electron chi connectivity index (χ0n) is 12.5. The maximum absolute atomic E-state index is 9.06. The van der Waals surface area contributed by atoms with Gasteiger partial charge in [-0.2, -0.15) is 5.26 Å². The highest BCUT2D eigenvalue weighted by Gasteiger charge is 2.19. The van der Waals surface area contributed by atoms with Gasteiger partial charge in [0.1, 0.15) is 11.4 Å². The Morgan fingerprint density at radius 3 is 2.79 bits per heavy atom. The standard InChI is InChI=1S/C14H25N5/c1-14(12-15,16-2)7-5-6-9-18(3)11-13-17-8-10-19(13)4/h8,10,16H,5-7,9,11H2,1-4H3. The number of aromatic nitrogens is 2. The van der Waals surface area contributed by atoms with Gasteiger partial charge < -0.3 is 9.88 Å². The first-order valence-corrected chi connectivity index (χ1v) is 6.75. The average Bonchev–Trinajstić information content (AvgIpc) is 2.80. The summed E-state index contributed by atoms with van der Waals surface area (Å²) in [5.74, 6) is 1.08. The molecule has 1 unspecified atom stereocenters. The molecule has 0 fully saturated rings. The van der Waals surface area contributed by atoms with Crippen LogP contribution >= 0.6 is 0 Å². The van der Waals surface area contributed by atoms with Crippen molar-refractivity contribution in [3.63, 3.8) is 0 Å². The molecule has 1 heterocycles. The van der Waals surface area contributed by atoms with E-state index in [9.17, 15) is 0 Å². The molecule has 5 heteroatoms. The van der Waals surface area contributed by atoms with E-state index in [0.717, 1.165) is 38.2 Å². The molecule has 106 valence electrons. The van der Waals surface area contributed by atoms with Crippen molar-refractivity contribution in [3.8, 4) is 6.07 Å². The third kappa shape index (κ3) is 5.01. The maximum atomic E-state index is 9.06. The third-order valence-electron chi connectivity index (χ3n) is 3.60. The largest absolute Gasteiger partial charge is 0.337 e. The Bertz CT molecular complexity index is 420. The fourth-order valence-electron chi connectivity index (χ4n) is 1.97. The monoisotopic (exact) mass is 263 g/mol. The lowest BCUT2D eigenvalue weighted by Crippen LogP contribution is -2.38. The van der Waals surface area contributed by atoms with Crippen molar-refractivity contribution >= 4 is 0 Å². The van der Waals surface area contributed by atoms with E-state index in [1.165, 1.54) is 0 Å². The van der Waals surface area contributed by atoms with E-state index in [-0.39, 0.29) is 0 Å². The second-order valence-electron chi connectivity index (χ2n) is 5.34. The average molecular weight is 263 g/mol. The molecule has 0 saturated carbocycles. The number of hydrogen-bond donors (Lipinski definition) is 1. The molecule has 0 aliphatic heterocycles. The minimum absolute atomic E-state index is 0.391. The van der Waals surface area contributed by atoms with E-state index in [0.29, 0.717) is 0 Å². The molecule has 1 atom stereocenters. The fourth-order valence-corrected chi connectivity index (χ4v) is 1.97. The summed E-state index contributed by atoms with van der Waals surface area (Å²) in [6, 6.07) is 2.32. The Balaban J connectivity index is 2.23. The van der Waals surface area contributed by atoms with Gasteiger partial charge in [-0.3, -0.25) is 4.90 Å². The quantitative estimate of drug-likeness (QED) is 0.723. The molecule has 0 saturated heterocycles. The number of imidazole rings is 1. The highest BCUT2D eigenvalue weighted by atomic mass is 15.1. The van der Waals surface area contributed by atoms with E-state index in [1.807, 2.05) is 38.0 Å². The highest BCUT2D eigenvalue weighted by molar-refractivity contribution is 5.02. The molecule has 1 aromatic rings. The van der Waals surface area contributed by atoms with Gasteiger partial charge in [0.2, 0.25) is 0 Å². The third-order valence-corrected chi connectivity index (χ3v) is 3.60. The first-order chi connectivity index (χ1) is 9.00. The van der Waals surface area contributed by atoms with Crippen molar-refractivity contribution in [1.82, 2.24) is 19.8 Å². The SMILES string of the molecule is CNC(C)(C#N)CCCCN(C)Cc1nccn1C. The van der Waals surface area contributed by atoms with Crippen LogP contribution in [0, 0.1) is 11.3 Å². The first-order valence-electron chi connectivity index (χ1n) is 6.75. The smallest absolute Gasteiger partial charge is 0.122 e. The summed E-state index contributed by atoms with van der Waals surface area (Å²) in [6.07, 6.45) is 6.83. The van der Waals surface area contributed by atoms with Crippen molar-refractivity contribution in [2.24, 2.45) is 7.05 Å². The lowest BCUT2D eigenvalue weighted by Gasteiger charge is -2.21. The topological polar surface area (TPSA) is 56.9 Å². The van der Waals surface area contributed by atoms with Crippen molar-refractivity contribution in [1.29, 1.82) is 5.26 Å². The fraction of sp³-hybridized carbons (Fsp3) is 0.714. The Kier molecular flexibility index (Phi) is 6.00. The van der Waals surface area contributed by atoms with Crippen molar-refractivity contribution in [2.45, 2.75) is 38.3 Å². The molecule has 19 heavy (non-hydrogen) atoms. The number of hydrogen-bond acceptors (Lipinski definition) is 4. The zero-order chi connectivity index (χ0) is 14.3. The van der Waals surface area contributed by atoms with Crippen LogP contribution in [0.4, 0.5) is 0 Å². The Hall–Kier alpha value is -1.38. The molecule has 1 N–H and O–H groups in total. The molecule has 0 spiro atoms. The minimum Gasteiger partial charge on any atom is -0.337 e. The van der Waals surface area contributed by atoms with Crippen LogP contribution in [0.1, 0.15) is 32.0 Å². The van der Waals surface area contributed by atoms with Crippen LogP contribution in [-0.4, -0.2) is 40.6 Å². The van der Waals surface area contributed by atoms with E-state index >= 15 is 0 Å². The van der Waals surface area contributed by atoms with E-state index < -0.39 is 5.54 Å². The molecule has 1 rings (SSSR count). The molecule has 0 aliphatic rings. The molecule has 0 aromatic carbocycles. The van der Waals surface area contributed by atoms with Crippen molar-refractivity contribution < 1.29 is 0 Å². The van der Waals surface area contributed by atoms with Crippen LogP contribution < -0.4 is 5.32 Å². The van der Waals surface area contributed by atoms with E-state index in [1.54, 1.807) is 0 Å². The lowest BCUT2D eigenvalue weighted by molar-refractivity contribution is 0.300. The first kappa shape index (κ1) is 15.7. The number of aryl methyl sites for hydroxylation is 1. The number of unbranched alkanes of at least 4 members (excludes halogenated alkanes) is 1. The minimum atomic E-state index is -0.391. The van der Waals surface area contributed by atoms with Gasteiger partial charge in [0.25, 0.3) is 0 Å². The summed E-state index contributed by atoms with van der Waals surface area (Å²) >= 11 is 0. The summed E-state index contributed by atoms with van der Waals surface area (Å²) in [5.41, 5.74) is -0.391. The summed E-state index contributed by atoms with van der Waals surface area (Å²) in [6.45, 7) is 3.84. The van der Waals surface area contributed by atoms with Crippen LogP contribution in [0.3, 0.4) is 0 Å². The molecule has 5 nitrogen and oxygen atoms in total. The molecule has 1 aromatic heterocycles. The Morgan fingerprint density at radius 1 is 1.53 bits per heavy atom. The van der Waals surface area contributed by atoms with Crippen molar-refractivity contribution in [2.75, 3.05) is 20.6 Å². The normalized spacial score (nSPS) is 14.3. The van der Waals surface area contributed by atoms with E-state index in [4.69, 9.17) is 5.26 Å². The van der Waals surface area contributed by atoms with Crippen LogP contribution in [0.25, 0.3) is 0 Å². The van der Waals surface area contributed by atoms with Gasteiger partial charge in [-0.1, -0.05) is 0 Å². The van der Waals surface area contributed by atoms with Gasteiger partial charge in [-0.05, 0) is 46.8 Å². The van der Waals surface area contributed by atoms with Crippen LogP contribution in [-0.2, 0) is 13.6 Å². The van der Waals surface area contributed by atoms with Crippen molar-refractivity contribution in [3.05, 3.63) is 18.2 Å². The predicted molar refractivity (Wildman–Crippen MR) is 76.5 cm³/mol. The predicted octanol–water partition coefficient (Wildman–Crippen LogP) is 1.52. The second-order valence-corrected chi connectivity index (χ2v) is 5.34. The molecule has 0 amide bonds.